The van der Waals surface area contributed by atoms with Crippen LogP contribution in [0.25, 0.3) is 10.9 Å². The Morgan fingerprint density at radius 2 is 1.92 bits per heavy atom. The van der Waals surface area contributed by atoms with Crippen LogP contribution in [0, 0.1) is 11.3 Å². The van der Waals surface area contributed by atoms with Gasteiger partial charge in [0.2, 0.25) is 0 Å². The van der Waals surface area contributed by atoms with Gasteiger partial charge in [0.15, 0.2) is 11.5 Å². The first kappa shape index (κ1) is 25.6. The number of carbonyl (C=O) groups is 1. The first-order valence-electron chi connectivity index (χ1n) is 12.2. The number of hydrogen-bond donors (Lipinski definition) is 1. The van der Waals surface area contributed by atoms with E-state index in [1.54, 1.807) is 24.3 Å². The van der Waals surface area contributed by atoms with Gasteiger partial charge < -0.3 is 29.3 Å². The van der Waals surface area contributed by atoms with Crippen molar-refractivity contribution in [2.24, 2.45) is 0 Å². The zero-order valence-corrected chi connectivity index (χ0v) is 21.4. The lowest BCUT2D eigenvalue weighted by Gasteiger charge is -2.36. The summed E-state index contributed by atoms with van der Waals surface area (Å²) in [7, 11) is 1.57. The Morgan fingerprint density at radius 1 is 1.19 bits per heavy atom. The first-order chi connectivity index (χ1) is 17.9. The molecule has 1 fully saturated rings. The van der Waals surface area contributed by atoms with Gasteiger partial charge in [0.25, 0.3) is 0 Å². The van der Waals surface area contributed by atoms with E-state index in [4.69, 9.17) is 14.2 Å². The van der Waals surface area contributed by atoms with Gasteiger partial charge in [-0.15, -0.1) is 0 Å². The molecule has 0 aliphatic carbocycles. The molecule has 4 rings (SSSR count). The highest BCUT2D eigenvalue weighted by Crippen LogP contribution is 2.38. The van der Waals surface area contributed by atoms with Crippen molar-refractivity contribution < 1.29 is 19.0 Å². The third kappa shape index (κ3) is 5.86. The van der Waals surface area contributed by atoms with E-state index in [0.29, 0.717) is 61.1 Å². The molecule has 0 saturated carbocycles. The second-order valence-electron chi connectivity index (χ2n) is 8.85. The number of amides is 2. The maximum Gasteiger partial charge on any atom is 0.321 e. The van der Waals surface area contributed by atoms with Crippen molar-refractivity contribution in [2.75, 3.05) is 50.1 Å². The average Bonchev–Trinajstić information content (AvgIpc) is 2.91. The molecular weight excluding hydrogens is 470 g/mol. The summed E-state index contributed by atoms with van der Waals surface area (Å²) in [5, 5.41) is 13.6. The number of urea groups is 1. The number of aromatic nitrogens is 1. The van der Waals surface area contributed by atoms with E-state index in [1.807, 2.05) is 50.2 Å². The molecule has 2 aromatic carbocycles. The Kier molecular flexibility index (Phi) is 7.98. The number of nitrogens with one attached hydrogen (secondary N) is 1. The number of anilines is 2. The minimum Gasteiger partial charge on any atom is -0.493 e. The molecule has 1 aliphatic rings. The quantitative estimate of drug-likeness (QED) is 0.442. The molecule has 9 heteroatoms. The van der Waals surface area contributed by atoms with Crippen LogP contribution in [-0.2, 0) is 0 Å². The molecule has 1 N–H and O–H groups in total. The Bertz CT molecular complexity index is 1310. The van der Waals surface area contributed by atoms with Crippen molar-refractivity contribution in [1.29, 1.82) is 5.26 Å². The molecule has 1 aliphatic heterocycles. The van der Waals surface area contributed by atoms with Crippen LogP contribution in [0.2, 0.25) is 0 Å². The number of piperazine rings is 1. The monoisotopic (exact) mass is 501 g/mol. The van der Waals surface area contributed by atoms with Crippen molar-refractivity contribution >= 4 is 28.3 Å². The Balaban J connectivity index is 1.49. The van der Waals surface area contributed by atoms with Gasteiger partial charge in [-0.25, -0.2) is 4.79 Å². The van der Waals surface area contributed by atoms with Crippen molar-refractivity contribution in [3.05, 3.63) is 60.8 Å². The third-order valence-corrected chi connectivity index (χ3v) is 5.96. The van der Waals surface area contributed by atoms with Crippen LogP contribution < -0.4 is 24.4 Å². The maximum atomic E-state index is 12.9. The lowest BCUT2D eigenvalue weighted by molar-refractivity contribution is 0.208. The molecule has 192 valence electrons. The number of nitriles is 1. The van der Waals surface area contributed by atoms with E-state index in [9.17, 15) is 10.1 Å². The number of hydrogen-bond acceptors (Lipinski definition) is 7. The average molecular weight is 502 g/mol. The van der Waals surface area contributed by atoms with E-state index >= 15 is 0 Å². The predicted octanol–water partition coefficient (Wildman–Crippen LogP) is 4.82. The zero-order valence-electron chi connectivity index (χ0n) is 21.4. The molecular formula is C28H31N5O4. The lowest BCUT2D eigenvalue weighted by atomic mass is 10.1. The molecule has 2 amide bonds. The van der Waals surface area contributed by atoms with Crippen molar-refractivity contribution in [3.8, 4) is 23.3 Å². The van der Waals surface area contributed by atoms with Crippen molar-refractivity contribution in [3.63, 3.8) is 0 Å². The molecule has 0 spiro atoms. The smallest absolute Gasteiger partial charge is 0.321 e. The van der Waals surface area contributed by atoms with Gasteiger partial charge in [-0.3, -0.25) is 4.98 Å². The standard InChI is InChI=1S/C28H31N5O4/c1-5-14-36-26-16-24-23(15-25(26)35-4)27(20(17-29)18-30-24)32-10-12-33(13-11-32)28(34)31-21-6-8-22(9-7-21)37-19(2)3/h5-9,15-16,18-19H,1,10-14H2,2-4H3,(H,31,34). The number of benzene rings is 2. The Hall–Kier alpha value is -4.45. The minimum absolute atomic E-state index is 0.0875. The van der Waals surface area contributed by atoms with Crippen LogP contribution in [0.15, 0.2) is 55.3 Å². The highest BCUT2D eigenvalue weighted by atomic mass is 16.5. The van der Waals surface area contributed by atoms with Gasteiger partial charge in [0.05, 0.1) is 30.0 Å². The van der Waals surface area contributed by atoms with Gasteiger partial charge in [0, 0.05) is 49.5 Å². The van der Waals surface area contributed by atoms with E-state index in [0.717, 1.165) is 16.8 Å². The molecule has 37 heavy (non-hydrogen) atoms. The molecule has 3 aromatic rings. The summed E-state index contributed by atoms with van der Waals surface area (Å²) in [5.41, 5.74) is 2.65. The summed E-state index contributed by atoms with van der Waals surface area (Å²) in [5.74, 6) is 1.87. The second-order valence-corrected chi connectivity index (χ2v) is 8.85. The molecule has 0 atom stereocenters. The lowest BCUT2D eigenvalue weighted by Crippen LogP contribution is -2.50. The number of fused-ring (bicyclic) bond motifs is 1. The number of nitrogens with zero attached hydrogens (tertiary/aromatic N) is 4. The van der Waals surface area contributed by atoms with Gasteiger partial charge in [-0.05, 0) is 44.2 Å². The summed E-state index contributed by atoms with van der Waals surface area (Å²) in [4.78, 5) is 21.2. The van der Waals surface area contributed by atoms with Gasteiger partial charge in [-0.2, -0.15) is 5.26 Å². The normalized spacial score (nSPS) is 13.3. The zero-order chi connectivity index (χ0) is 26.4. The summed E-state index contributed by atoms with van der Waals surface area (Å²) >= 11 is 0. The predicted molar refractivity (Wildman–Crippen MR) is 144 cm³/mol. The molecule has 0 radical (unpaired) electrons. The fourth-order valence-electron chi connectivity index (χ4n) is 4.25. The van der Waals surface area contributed by atoms with Crippen molar-refractivity contribution in [2.45, 2.75) is 20.0 Å². The van der Waals surface area contributed by atoms with Crippen LogP contribution >= 0.6 is 0 Å². The molecule has 1 saturated heterocycles. The van der Waals surface area contributed by atoms with Crippen LogP contribution in [0.5, 0.6) is 17.2 Å². The molecule has 2 heterocycles. The highest BCUT2D eigenvalue weighted by Gasteiger charge is 2.25. The van der Waals surface area contributed by atoms with Gasteiger partial charge >= 0.3 is 6.03 Å². The fourth-order valence-corrected chi connectivity index (χ4v) is 4.25. The molecule has 1 aromatic heterocycles. The molecule has 0 bridgehead atoms. The summed E-state index contributed by atoms with van der Waals surface area (Å²) < 4.78 is 16.9. The van der Waals surface area contributed by atoms with Crippen LogP contribution in [-0.4, -0.2) is 61.9 Å². The SMILES string of the molecule is C=CCOc1cc2ncc(C#N)c(N3CCN(C(=O)Nc4ccc(OC(C)C)cc4)CC3)c2cc1OC. The van der Waals surface area contributed by atoms with E-state index in [2.05, 4.69) is 27.8 Å². The largest absolute Gasteiger partial charge is 0.493 e. The number of pyridine rings is 1. The van der Waals surface area contributed by atoms with E-state index in [1.165, 1.54) is 0 Å². The van der Waals surface area contributed by atoms with Gasteiger partial charge in [0.1, 0.15) is 18.4 Å². The maximum absolute atomic E-state index is 12.9. The summed E-state index contributed by atoms with van der Waals surface area (Å²) in [6, 6.07) is 13.1. The first-order valence-corrected chi connectivity index (χ1v) is 12.2. The summed E-state index contributed by atoms with van der Waals surface area (Å²) in [6.45, 7) is 10.1. The number of rotatable bonds is 8. The summed E-state index contributed by atoms with van der Waals surface area (Å²) in [6.07, 6.45) is 3.32. The number of carbonyl (C=O) groups excluding carboxylic acids is 1. The fraction of sp³-hybridized carbons (Fsp3) is 0.321. The van der Waals surface area contributed by atoms with Gasteiger partial charge in [-0.1, -0.05) is 12.7 Å². The van der Waals surface area contributed by atoms with Crippen LogP contribution in [0.1, 0.15) is 19.4 Å². The van der Waals surface area contributed by atoms with Crippen molar-refractivity contribution in [1.82, 2.24) is 9.88 Å². The van der Waals surface area contributed by atoms with Crippen LogP contribution in [0.3, 0.4) is 0 Å². The van der Waals surface area contributed by atoms with E-state index < -0.39 is 0 Å². The number of methoxy groups -OCH3 is 1. The van der Waals surface area contributed by atoms with E-state index in [-0.39, 0.29) is 12.1 Å². The Morgan fingerprint density at radius 3 is 2.54 bits per heavy atom. The third-order valence-electron chi connectivity index (χ3n) is 5.96. The molecule has 0 unspecified atom stereocenters. The Labute approximate surface area is 216 Å². The van der Waals surface area contributed by atoms with Crippen LogP contribution in [0.4, 0.5) is 16.2 Å². The minimum atomic E-state index is -0.164. The topological polar surface area (TPSA) is 100.0 Å². The second kappa shape index (κ2) is 11.5. The number of ether oxygens (including phenoxy) is 3. The molecule has 9 nitrogen and oxygen atoms in total. The highest BCUT2D eigenvalue weighted by molar-refractivity contribution is 5.97.